The monoisotopic (exact) mass is 551 g/mol. The van der Waals surface area contributed by atoms with E-state index >= 15 is 0 Å². The number of halogens is 4. The second kappa shape index (κ2) is 10.6. The summed E-state index contributed by atoms with van der Waals surface area (Å²) < 4.78 is 42.4. The van der Waals surface area contributed by atoms with Crippen LogP contribution in [0.4, 0.5) is 19.0 Å². The molecule has 4 rings (SSSR count). The van der Waals surface area contributed by atoms with Crippen LogP contribution >= 0.6 is 11.6 Å². The summed E-state index contributed by atoms with van der Waals surface area (Å²) in [5, 5.41) is 21.8. The zero-order chi connectivity index (χ0) is 27.7. The quantitative estimate of drug-likeness (QED) is 0.288. The summed E-state index contributed by atoms with van der Waals surface area (Å²) in [5.41, 5.74) is 5.59. The number of benzene rings is 1. The average molecular weight is 552 g/mol. The van der Waals surface area contributed by atoms with Gasteiger partial charge in [0, 0.05) is 28.9 Å². The number of aromatic nitrogens is 7. The molecule has 1 unspecified atom stereocenters. The Bertz CT molecular complexity index is 1460. The summed E-state index contributed by atoms with van der Waals surface area (Å²) >= 11 is 5.92. The summed E-state index contributed by atoms with van der Waals surface area (Å²) in [6.45, 7) is 2.88. The van der Waals surface area contributed by atoms with Crippen LogP contribution in [-0.2, 0) is 13.1 Å². The summed E-state index contributed by atoms with van der Waals surface area (Å²) in [5.74, 6) is 0.609. The molecule has 38 heavy (non-hydrogen) atoms. The van der Waals surface area contributed by atoms with E-state index < -0.39 is 30.1 Å². The number of alkyl halides is 3. The van der Waals surface area contributed by atoms with Gasteiger partial charge in [0.25, 0.3) is 0 Å². The lowest BCUT2D eigenvalue weighted by Gasteiger charge is -2.20. The van der Waals surface area contributed by atoms with Gasteiger partial charge in [-0.1, -0.05) is 11.6 Å². The first-order chi connectivity index (χ1) is 17.8. The van der Waals surface area contributed by atoms with Gasteiger partial charge >= 0.3 is 11.9 Å². The Hall–Kier alpha value is -3.75. The first-order valence-electron chi connectivity index (χ1n) is 11.4. The van der Waals surface area contributed by atoms with E-state index in [9.17, 15) is 23.1 Å². The molecule has 4 aromatic rings. The lowest BCUT2D eigenvalue weighted by molar-refractivity contribution is -0.207. The van der Waals surface area contributed by atoms with E-state index in [0.29, 0.717) is 28.6 Å². The zero-order valence-electron chi connectivity index (χ0n) is 20.4. The van der Waals surface area contributed by atoms with Crippen LogP contribution in [0.1, 0.15) is 19.7 Å². The molecule has 3 aromatic heterocycles. The van der Waals surface area contributed by atoms with E-state index in [1.807, 2.05) is 13.8 Å². The van der Waals surface area contributed by atoms with Gasteiger partial charge in [-0.05, 0) is 50.2 Å². The van der Waals surface area contributed by atoms with Gasteiger partial charge < -0.3 is 16.2 Å². The molecule has 0 aliphatic rings. The molecule has 0 bridgehead atoms. The number of aliphatic hydroxyl groups excluding tert-OH is 1. The van der Waals surface area contributed by atoms with Gasteiger partial charge in [-0.25, -0.2) is 24.1 Å². The Morgan fingerprint density at radius 3 is 2.50 bits per heavy atom. The minimum atomic E-state index is -4.92. The van der Waals surface area contributed by atoms with E-state index in [-0.39, 0.29) is 18.2 Å². The van der Waals surface area contributed by atoms with E-state index in [0.717, 1.165) is 9.25 Å². The predicted molar refractivity (Wildman–Crippen MR) is 134 cm³/mol. The van der Waals surface area contributed by atoms with Gasteiger partial charge in [0.1, 0.15) is 18.6 Å². The highest BCUT2D eigenvalue weighted by molar-refractivity contribution is 6.30. The van der Waals surface area contributed by atoms with Gasteiger partial charge in [0.2, 0.25) is 0 Å². The third-order valence-corrected chi connectivity index (χ3v) is 5.59. The molecule has 1 atom stereocenters. The number of pyridine rings is 1. The first kappa shape index (κ1) is 27.3. The Kier molecular flexibility index (Phi) is 7.58. The molecule has 0 aliphatic heterocycles. The van der Waals surface area contributed by atoms with Crippen LogP contribution in [-0.4, -0.2) is 63.6 Å². The van der Waals surface area contributed by atoms with E-state index in [1.54, 1.807) is 18.3 Å². The highest BCUT2D eigenvalue weighted by Crippen LogP contribution is 2.24. The SMILES string of the molecule is CC(C)(N)CNc1ncccc1-n1cnc(Cn2nc(-c3ccc(Cl)cc3)n(CC(O)C(F)(F)F)c2=O)n1. The molecule has 0 aliphatic carbocycles. The number of nitrogens with one attached hydrogen (secondary N) is 1. The third kappa shape index (κ3) is 6.38. The lowest BCUT2D eigenvalue weighted by atomic mass is 10.1. The first-order valence-corrected chi connectivity index (χ1v) is 11.8. The van der Waals surface area contributed by atoms with Crippen molar-refractivity contribution in [3.8, 4) is 17.1 Å². The maximum atomic E-state index is 13.1. The molecular formula is C23H25ClF3N9O2. The number of rotatable bonds is 9. The molecule has 4 N–H and O–H groups in total. The molecule has 0 saturated carbocycles. The summed E-state index contributed by atoms with van der Waals surface area (Å²) in [4.78, 5) is 21.6. The minimum absolute atomic E-state index is 0.0717. The summed E-state index contributed by atoms with van der Waals surface area (Å²) in [7, 11) is 0. The maximum absolute atomic E-state index is 13.1. The van der Waals surface area contributed by atoms with E-state index in [2.05, 4.69) is 25.5 Å². The zero-order valence-corrected chi connectivity index (χ0v) is 21.1. The van der Waals surface area contributed by atoms with Crippen molar-refractivity contribution < 1.29 is 18.3 Å². The molecule has 0 fully saturated rings. The Balaban J connectivity index is 1.65. The largest absolute Gasteiger partial charge is 0.416 e. The predicted octanol–water partition coefficient (Wildman–Crippen LogP) is 2.46. The molecule has 3 heterocycles. The molecule has 1 aromatic carbocycles. The molecule has 202 valence electrons. The topological polar surface area (TPSA) is 142 Å². The highest BCUT2D eigenvalue weighted by atomic mass is 35.5. The van der Waals surface area contributed by atoms with Crippen LogP contribution in [0, 0.1) is 0 Å². The number of aliphatic hydroxyl groups is 1. The van der Waals surface area contributed by atoms with Crippen LogP contribution < -0.4 is 16.7 Å². The molecule has 15 heteroatoms. The molecule has 0 saturated heterocycles. The van der Waals surface area contributed by atoms with Gasteiger partial charge in [0.05, 0.1) is 6.54 Å². The van der Waals surface area contributed by atoms with Crippen LogP contribution in [0.5, 0.6) is 0 Å². The number of nitrogens with zero attached hydrogens (tertiary/aromatic N) is 7. The summed E-state index contributed by atoms with van der Waals surface area (Å²) in [6, 6.07) is 9.52. The van der Waals surface area contributed by atoms with Crippen LogP contribution in [0.25, 0.3) is 17.1 Å². The Morgan fingerprint density at radius 2 is 1.84 bits per heavy atom. The minimum Gasteiger partial charge on any atom is -0.382 e. The molecule has 0 spiro atoms. The van der Waals surface area contributed by atoms with Crippen molar-refractivity contribution in [3.05, 3.63) is 70.3 Å². The van der Waals surface area contributed by atoms with Crippen molar-refractivity contribution in [2.24, 2.45) is 5.73 Å². The Labute approximate surface area is 219 Å². The van der Waals surface area contributed by atoms with E-state index in [1.165, 1.54) is 35.3 Å². The van der Waals surface area contributed by atoms with Crippen LogP contribution in [0.2, 0.25) is 5.02 Å². The van der Waals surface area contributed by atoms with E-state index in [4.69, 9.17) is 17.3 Å². The van der Waals surface area contributed by atoms with Gasteiger partial charge in [-0.3, -0.25) is 4.57 Å². The fourth-order valence-corrected chi connectivity index (χ4v) is 3.57. The average Bonchev–Trinajstić information content (AvgIpc) is 3.43. The normalized spacial score (nSPS) is 13.1. The molecular weight excluding hydrogens is 527 g/mol. The number of hydrogen-bond donors (Lipinski definition) is 3. The fourth-order valence-electron chi connectivity index (χ4n) is 3.45. The lowest BCUT2D eigenvalue weighted by Crippen LogP contribution is -2.39. The fraction of sp³-hybridized carbons (Fsp3) is 0.348. The highest BCUT2D eigenvalue weighted by Gasteiger charge is 2.39. The van der Waals surface area contributed by atoms with Gasteiger partial charge in [-0.2, -0.15) is 13.2 Å². The second-order valence-corrected chi connectivity index (χ2v) is 9.69. The smallest absolute Gasteiger partial charge is 0.382 e. The summed E-state index contributed by atoms with van der Waals surface area (Å²) in [6.07, 6.45) is -4.67. The van der Waals surface area contributed by atoms with Crippen LogP contribution in [0.3, 0.4) is 0 Å². The van der Waals surface area contributed by atoms with Crippen molar-refractivity contribution in [3.63, 3.8) is 0 Å². The van der Waals surface area contributed by atoms with Crippen molar-refractivity contribution >= 4 is 17.4 Å². The van der Waals surface area contributed by atoms with Crippen molar-refractivity contribution in [2.75, 3.05) is 11.9 Å². The van der Waals surface area contributed by atoms with Gasteiger partial charge in [-0.15, -0.1) is 10.2 Å². The number of hydrogen-bond acceptors (Lipinski definition) is 8. The standard InChI is InChI=1S/C23H25ClF3N9O2/c1-22(2,28)12-30-19-16(4-3-9-29-19)36-13-31-18(32-36)11-35-21(38)34(10-17(37)23(25,26)27)20(33-35)14-5-7-15(24)8-6-14/h3-9,13,17,37H,10-12,28H2,1-2H3,(H,29,30). The molecule has 0 amide bonds. The van der Waals surface area contributed by atoms with Crippen molar-refractivity contribution in [1.82, 2.24) is 34.1 Å². The number of nitrogens with two attached hydrogens (primary N) is 1. The van der Waals surface area contributed by atoms with Crippen molar-refractivity contribution in [2.45, 2.75) is 44.8 Å². The Morgan fingerprint density at radius 1 is 1.13 bits per heavy atom. The van der Waals surface area contributed by atoms with Crippen LogP contribution in [0.15, 0.2) is 53.7 Å². The molecule has 11 nitrogen and oxygen atoms in total. The second-order valence-electron chi connectivity index (χ2n) is 9.26. The number of anilines is 1. The molecule has 0 radical (unpaired) electrons. The third-order valence-electron chi connectivity index (χ3n) is 5.33. The van der Waals surface area contributed by atoms with Gasteiger partial charge in [0.15, 0.2) is 23.6 Å². The maximum Gasteiger partial charge on any atom is 0.416 e. The van der Waals surface area contributed by atoms with Crippen molar-refractivity contribution in [1.29, 1.82) is 0 Å².